The number of aliphatic hydroxyl groups is 4. The zero-order valence-corrected chi connectivity index (χ0v) is 8.71. The van der Waals surface area contributed by atoms with Gasteiger partial charge in [0.1, 0.15) is 24.4 Å². The van der Waals surface area contributed by atoms with E-state index < -0.39 is 37.3 Å². The molecule has 0 amide bonds. The lowest BCUT2D eigenvalue weighted by Crippen LogP contribution is -2.59. The highest BCUT2D eigenvalue weighted by Crippen LogP contribution is 2.21. The Morgan fingerprint density at radius 2 is 1.87 bits per heavy atom. The summed E-state index contributed by atoms with van der Waals surface area (Å²) in [6, 6.07) is 0. The minimum atomic E-state index is -1.41. The minimum Gasteiger partial charge on any atom is -0.394 e. The van der Waals surface area contributed by atoms with E-state index in [0.29, 0.717) is 0 Å². The summed E-state index contributed by atoms with van der Waals surface area (Å²) in [6.45, 7) is -0.402. The van der Waals surface area contributed by atoms with Crippen LogP contribution >= 0.6 is 12.2 Å². The summed E-state index contributed by atoms with van der Waals surface area (Å²) in [6.07, 6.45) is -6.18. The third-order valence-corrected chi connectivity index (χ3v) is 2.31. The molecule has 1 heterocycles. The van der Waals surface area contributed by atoms with Crippen molar-refractivity contribution in [2.45, 2.75) is 30.7 Å². The van der Waals surface area contributed by atoms with Crippen molar-refractivity contribution in [2.75, 3.05) is 13.2 Å². The van der Waals surface area contributed by atoms with E-state index in [1.54, 1.807) is 0 Å². The molecule has 15 heavy (non-hydrogen) atoms. The monoisotopic (exact) mass is 238 g/mol. The van der Waals surface area contributed by atoms with Gasteiger partial charge in [-0.3, -0.25) is 0 Å². The van der Waals surface area contributed by atoms with Crippen molar-refractivity contribution in [3.63, 3.8) is 0 Å². The van der Waals surface area contributed by atoms with Gasteiger partial charge in [-0.15, -0.1) is 0 Å². The van der Waals surface area contributed by atoms with Gasteiger partial charge in [-0.05, 0) is 0 Å². The number of ether oxygens (including phenoxy) is 2. The Kier molecular flexibility index (Phi) is 5.00. The maximum atomic E-state index is 9.46. The van der Waals surface area contributed by atoms with E-state index in [1.807, 2.05) is 0 Å². The van der Waals surface area contributed by atoms with Gasteiger partial charge in [-0.25, -0.2) is 0 Å². The van der Waals surface area contributed by atoms with Crippen molar-refractivity contribution in [3.8, 4) is 0 Å². The average molecular weight is 238 g/mol. The van der Waals surface area contributed by atoms with Crippen LogP contribution in [0.5, 0.6) is 0 Å². The largest absolute Gasteiger partial charge is 0.394 e. The molecule has 1 fully saturated rings. The molecule has 0 aromatic carbocycles. The predicted octanol–water partition coefficient (Wildman–Crippen LogP) is -2.20. The SMILES string of the molecule is OC[C@H]1O[C@H](OCC=S)[C@@H](O)[C@@H](O)[C@@H]1O. The van der Waals surface area contributed by atoms with Gasteiger partial charge >= 0.3 is 0 Å². The highest BCUT2D eigenvalue weighted by Gasteiger charge is 2.43. The van der Waals surface area contributed by atoms with Gasteiger partial charge in [0, 0.05) is 5.37 Å². The molecule has 0 bridgehead atoms. The molecular formula is C8H14O6S. The number of aliphatic hydroxyl groups excluding tert-OH is 4. The molecule has 1 saturated heterocycles. The fourth-order valence-electron chi connectivity index (χ4n) is 1.34. The zero-order valence-electron chi connectivity index (χ0n) is 7.89. The van der Waals surface area contributed by atoms with Crippen molar-refractivity contribution in [2.24, 2.45) is 0 Å². The van der Waals surface area contributed by atoms with Gasteiger partial charge in [0.05, 0.1) is 13.2 Å². The van der Waals surface area contributed by atoms with Crippen molar-refractivity contribution < 1.29 is 29.9 Å². The van der Waals surface area contributed by atoms with Crippen LogP contribution in [0.25, 0.3) is 0 Å². The normalized spacial score (nSPS) is 41.5. The summed E-state index contributed by atoms with van der Waals surface area (Å²) in [5.74, 6) is 0. The van der Waals surface area contributed by atoms with Crippen molar-refractivity contribution in [3.05, 3.63) is 0 Å². The third kappa shape index (κ3) is 2.91. The third-order valence-electron chi connectivity index (χ3n) is 2.18. The molecule has 88 valence electrons. The van der Waals surface area contributed by atoms with Crippen molar-refractivity contribution in [1.82, 2.24) is 0 Å². The Morgan fingerprint density at radius 1 is 1.20 bits per heavy atom. The maximum Gasteiger partial charge on any atom is 0.187 e. The fraction of sp³-hybridized carbons (Fsp3) is 0.875. The van der Waals surface area contributed by atoms with Crippen molar-refractivity contribution >= 4 is 17.6 Å². The van der Waals surface area contributed by atoms with E-state index >= 15 is 0 Å². The molecule has 0 spiro atoms. The molecule has 5 atom stereocenters. The van der Waals surface area contributed by atoms with Crippen LogP contribution in [0.4, 0.5) is 0 Å². The first-order valence-corrected chi connectivity index (χ1v) is 4.94. The standard InChI is InChI=1S/C8H14O6S/c9-3-4-5(10)6(11)7(12)8(14-4)13-1-2-15/h2,4-12H,1,3H2/t4-,5-,6+,7+,8+/m1/s1. The second kappa shape index (κ2) is 5.80. The number of thiocarbonyl (C=S) groups is 1. The first-order valence-electron chi connectivity index (χ1n) is 4.47. The van der Waals surface area contributed by atoms with Crippen LogP contribution in [-0.2, 0) is 9.47 Å². The summed E-state index contributed by atoms with van der Waals surface area (Å²) in [7, 11) is 0. The van der Waals surface area contributed by atoms with Crippen LogP contribution in [0.15, 0.2) is 0 Å². The Morgan fingerprint density at radius 3 is 2.40 bits per heavy atom. The molecule has 1 aliphatic heterocycles. The topological polar surface area (TPSA) is 99.4 Å². The summed E-state index contributed by atoms with van der Waals surface area (Å²) in [5, 5.41) is 38.4. The molecule has 6 nitrogen and oxygen atoms in total. The summed E-state index contributed by atoms with van der Waals surface area (Å²) >= 11 is 4.52. The highest BCUT2D eigenvalue weighted by atomic mass is 32.1. The molecule has 1 rings (SSSR count). The van der Waals surface area contributed by atoms with Crippen LogP contribution < -0.4 is 0 Å². The van der Waals surface area contributed by atoms with Crippen LogP contribution in [0.1, 0.15) is 0 Å². The lowest BCUT2D eigenvalue weighted by atomic mass is 9.99. The van der Waals surface area contributed by atoms with E-state index in [0.717, 1.165) is 0 Å². The average Bonchev–Trinajstić information content (AvgIpc) is 2.25. The first-order chi connectivity index (χ1) is 7.11. The summed E-state index contributed by atoms with van der Waals surface area (Å²) in [5.41, 5.74) is 0. The van der Waals surface area contributed by atoms with E-state index in [9.17, 15) is 15.3 Å². The van der Waals surface area contributed by atoms with Gasteiger partial charge in [-0.1, -0.05) is 12.2 Å². The van der Waals surface area contributed by atoms with Crippen LogP contribution in [0.3, 0.4) is 0 Å². The molecule has 7 heteroatoms. The Labute approximate surface area is 92.1 Å². The molecule has 0 aliphatic carbocycles. The van der Waals surface area contributed by atoms with E-state index in [1.165, 1.54) is 5.37 Å². The van der Waals surface area contributed by atoms with Crippen LogP contribution in [0, 0.1) is 0 Å². The van der Waals surface area contributed by atoms with Crippen LogP contribution in [0.2, 0.25) is 0 Å². The predicted molar refractivity (Wildman–Crippen MR) is 53.4 cm³/mol. The second-order valence-corrected chi connectivity index (χ2v) is 3.53. The quantitative estimate of drug-likeness (QED) is 0.413. The minimum absolute atomic E-state index is 0.0675. The zero-order chi connectivity index (χ0) is 11.4. The second-order valence-electron chi connectivity index (χ2n) is 3.20. The van der Waals surface area contributed by atoms with Gasteiger partial charge in [0.2, 0.25) is 0 Å². The maximum absolute atomic E-state index is 9.46. The molecule has 4 N–H and O–H groups in total. The Balaban J connectivity index is 2.60. The fourth-order valence-corrected chi connectivity index (χ4v) is 1.42. The first kappa shape index (κ1) is 12.9. The van der Waals surface area contributed by atoms with Gasteiger partial charge in [-0.2, -0.15) is 0 Å². The van der Waals surface area contributed by atoms with Gasteiger partial charge < -0.3 is 29.9 Å². The molecule has 1 aliphatic rings. The molecule has 0 radical (unpaired) electrons. The molecule has 0 aromatic rings. The lowest BCUT2D eigenvalue weighted by Gasteiger charge is -2.39. The van der Waals surface area contributed by atoms with E-state index in [2.05, 4.69) is 12.2 Å². The summed E-state index contributed by atoms with van der Waals surface area (Å²) < 4.78 is 10.0. The highest BCUT2D eigenvalue weighted by molar-refractivity contribution is 7.79. The molecular weight excluding hydrogens is 224 g/mol. The Hall–Kier alpha value is -0.150. The molecule has 0 saturated carbocycles. The number of rotatable bonds is 4. The Bertz CT molecular complexity index is 211. The number of hydrogen-bond donors (Lipinski definition) is 4. The van der Waals surface area contributed by atoms with E-state index in [4.69, 9.17) is 14.6 Å². The van der Waals surface area contributed by atoms with Crippen LogP contribution in [-0.4, -0.2) is 69.7 Å². The number of hydrogen-bond acceptors (Lipinski definition) is 7. The van der Waals surface area contributed by atoms with Gasteiger partial charge in [0.15, 0.2) is 6.29 Å². The lowest BCUT2D eigenvalue weighted by molar-refractivity contribution is -0.297. The summed E-state index contributed by atoms with van der Waals surface area (Å²) in [4.78, 5) is 0. The molecule has 0 aromatic heterocycles. The van der Waals surface area contributed by atoms with Crippen molar-refractivity contribution in [1.29, 1.82) is 0 Å². The van der Waals surface area contributed by atoms with E-state index in [-0.39, 0.29) is 6.61 Å². The van der Waals surface area contributed by atoms with Gasteiger partial charge in [0.25, 0.3) is 0 Å². The molecule has 0 unspecified atom stereocenters. The smallest absolute Gasteiger partial charge is 0.187 e.